The van der Waals surface area contributed by atoms with Crippen LogP contribution in [0.2, 0.25) is 0 Å². The van der Waals surface area contributed by atoms with Gasteiger partial charge in [0.25, 0.3) is 0 Å². The minimum atomic E-state index is -0.794. The van der Waals surface area contributed by atoms with E-state index in [1.165, 1.54) is 12.8 Å². The second kappa shape index (κ2) is 7.65. The molecular formula is C16H21N3O2. The highest BCUT2D eigenvalue weighted by molar-refractivity contribution is 5.67. The van der Waals surface area contributed by atoms with Crippen molar-refractivity contribution in [1.29, 1.82) is 5.26 Å². The number of carboxylic acid groups (broad SMARTS) is 1. The van der Waals surface area contributed by atoms with Crippen LogP contribution < -0.4 is 4.90 Å². The second-order valence-corrected chi connectivity index (χ2v) is 5.34. The predicted octanol–water partition coefficient (Wildman–Crippen LogP) is 1.94. The van der Waals surface area contributed by atoms with E-state index in [4.69, 9.17) is 10.4 Å². The number of hydrogen-bond acceptors (Lipinski definition) is 4. The summed E-state index contributed by atoms with van der Waals surface area (Å²) < 4.78 is 0. The van der Waals surface area contributed by atoms with E-state index >= 15 is 0 Å². The van der Waals surface area contributed by atoms with Crippen molar-refractivity contribution in [3.63, 3.8) is 0 Å². The first-order valence-corrected chi connectivity index (χ1v) is 7.38. The number of aliphatic carboxylic acids is 1. The maximum atomic E-state index is 10.8. The molecule has 1 fully saturated rings. The molecule has 0 radical (unpaired) electrons. The minimum absolute atomic E-state index is 0.108. The van der Waals surface area contributed by atoms with Crippen LogP contribution in [0, 0.1) is 11.3 Å². The average Bonchev–Trinajstić information content (AvgIpc) is 3.00. The molecule has 0 spiro atoms. The standard InChI is InChI=1S/C16H21N3O2/c17-13-14-4-3-5-15(12-14)19(9-6-16(20)21)11-10-18-7-1-2-8-18/h3-5,12H,1-2,6-11H2,(H,20,21). The smallest absolute Gasteiger partial charge is 0.305 e. The molecular weight excluding hydrogens is 266 g/mol. The lowest BCUT2D eigenvalue weighted by atomic mass is 10.2. The van der Waals surface area contributed by atoms with Gasteiger partial charge in [0.05, 0.1) is 18.1 Å². The van der Waals surface area contributed by atoms with E-state index < -0.39 is 5.97 Å². The van der Waals surface area contributed by atoms with Crippen molar-refractivity contribution >= 4 is 11.7 Å². The van der Waals surface area contributed by atoms with E-state index in [1.54, 1.807) is 6.07 Å². The summed E-state index contributed by atoms with van der Waals surface area (Å²) in [4.78, 5) is 15.3. The molecule has 5 nitrogen and oxygen atoms in total. The summed E-state index contributed by atoms with van der Waals surface area (Å²) in [6, 6.07) is 9.50. The first-order valence-electron chi connectivity index (χ1n) is 7.38. The van der Waals surface area contributed by atoms with Gasteiger partial charge >= 0.3 is 5.97 Å². The van der Waals surface area contributed by atoms with Crippen molar-refractivity contribution in [2.75, 3.05) is 37.6 Å². The lowest BCUT2D eigenvalue weighted by molar-refractivity contribution is -0.136. The maximum Gasteiger partial charge on any atom is 0.305 e. The van der Waals surface area contributed by atoms with Gasteiger partial charge in [-0.15, -0.1) is 0 Å². The van der Waals surface area contributed by atoms with Crippen LogP contribution >= 0.6 is 0 Å². The largest absolute Gasteiger partial charge is 0.481 e. The summed E-state index contributed by atoms with van der Waals surface area (Å²) in [6.07, 6.45) is 2.61. The molecule has 1 N–H and O–H groups in total. The number of nitrogens with zero attached hydrogens (tertiary/aromatic N) is 3. The molecule has 1 aromatic carbocycles. The van der Waals surface area contributed by atoms with E-state index in [2.05, 4.69) is 15.9 Å². The number of hydrogen-bond donors (Lipinski definition) is 1. The number of nitriles is 1. The fourth-order valence-electron chi connectivity index (χ4n) is 2.64. The van der Waals surface area contributed by atoms with Crippen LogP contribution in [0.4, 0.5) is 5.69 Å². The van der Waals surface area contributed by atoms with Gasteiger partial charge in [0, 0.05) is 25.3 Å². The summed E-state index contributed by atoms with van der Waals surface area (Å²) in [5.41, 5.74) is 1.53. The van der Waals surface area contributed by atoms with Gasteiger partial charge in [0.2, 0.25) is 0 Å². The van der Waals surface area contributed by atoms with E-state index in [0.717, 1.165) is 31.9 Å². The fourth-order valence-corrected chi connectivity index (χ4v) is 2.64. The molecule has 5 heteroatoms. The van der Waals surface area contributed by atoms with Crippen LogP contribution in [0.1, 0.15) is 24.8 Å². The number of anilines is 1. The monoisotopic (exact) mass is 287 g/mol. The molecule has 0 atom stereocenters. The highest BCUT2D eigenvalue weighted by atomic mass is 16.4. The average molecular weight is 287 g/mol. The van der Waals surface area contributed by atoms with E-state index in [9.17, 15) is 4.79 Å². The van der Waals surface area contributed by atoms with Crippen molar-refractivity contribution in [3.05, 3.63) is 29.8 Å². The zero-order valence-electron chi connectivity index (χ0n) is 12.2. The number of carboxylic acids is 1. The van der Waals surface area contributed by atoms with Crippen LogP contribution in [0.15, 0.2) is 24.3 Å². The van der Waals surface area contributed by atoms with Gasteiger partial charge in [-0.1, -0.05) is 6.07 Å². The second-order valence-electron chi connectivity index (χ2n) is 5.34. The molecule has 0 amide bonds. The van der Waals surface area contributed by atoms with Gasteiger partial charge in [-0.2, -0.15) is 5.26 Å². The van der Waals surface area contributed by atoms with Crippen LogP contribution in [-0.4, -0.2) is 48.7 Å². The van der Waals surface area contributed by atoms with Crippen LogP contribution in [-0.2, 0) is 4.79 Å². The molecule has 1 aliphatic rings. The van der Waals surface area contributed by atoms with Gasteiger partial charge in [0.1, 0.15) is 0 Å². The summed E-state index contributed by atoms with van der Waals surface area (Å²) in [5.74, 6) is -0.794. The molecule has 1 aromatic rings. The Morgan fingerprint density at radius 2 is 2.10 bits per heavy atom. The van der Waals surface area contributed by atoms with E-state index in [-0.39, 0.29) is 6.42 Å². The van der Waals surface area contributed by atoms with Crippen molar-refractivity contribution < 1.29 is 9.90 Å². The summed E-state index contributed by atoms with van der Waals surface area (Å²) in [5, 5.41) is 17.9. The van der Waals surface area contributed by atoms with Crippen molar-refractivity contribution in [1.82, 2.24) is 4.90 Å². The molecule has 2 rings (SSSR count). The number of benzene rings is 1. The Kier molecular flexibility index (Phi) is 5.59. The normalized spacial score (nSPS) is 14.8. The Hall–Kier alpha value is -2.06. The first kappa shape index (κ1) is 15.3. The van der Waals surface area contributed by atoms with Gasteiger partial charge in [-0.05, 0) is 44.1 Å². The van der Waals surface area contributed by atoms with Gasteiger partial charge in [-0.25, -0.2) is 0 Å². The molecule has 0 aliphatic carbocycles. The molecule has 1 heterocycles. The molecule has 0 saturated carbocycles. The van der Waals surface area contributed by atoms with Crippen molar-refractivity contribution in [2.45, 2.75) is 19.3 Å². The number of carbonyl (C=O) groups is 1. The quantitative estimate of drug-likeness (QED) is 0.830. The van der Waals surface area contributed by atoms with Crippen LogP contribution in [0.3, 0.4) is 0 Å². The number of rotatable bonds is 7. The third-order valence-corrected chi connectivity index (χ3v) is 3.82. The molecule has 21 heavy (non-hydrogen) atoms. The van der Waals surface area contributed by atoms with Crippen molar-refractivity contribution in [2.24, 2.45) is 0 Å². The highest BCUT2D eigenvalue weighted by Gasteiger charge is 2.14. The van der Waals surface area contributed by atoms with Crippen LogP contribution in [0.25, 0.3) is 0 Å². The Balaban J connectivity index is 2.02. The summed E-state index contributed by atoms with van der Waals surface area (Å²) in [6.45, 7) is 4.46. The zero-order chi connectivity index (χ0) is 15.1. The summed E-state index contributed by atoms with van der Waals surface area (Å²) >= 11 is 0. The molecule has 112 valence electrons. The van der Waals surface area contributed by atoms with E-state index in [1.807, 2.05) is 18.2 Å². The zero-order valence-corrected chi connectivity index (χ0v) is 12.2. The predicted molar refractivity (Wildman–Crippen MR) is 81.3 cm³/mol. The summed E-state index contributed by atoms with van der Waals surface area (Å²) in [7, 11) is 0. The lowest BCUT2D eigenvalue weighted by Gasteiger charge is -2.27. The fraction of sp³-hybridized carbons (Fsp3) is 0.500. The van der Waals surface area contributed by atoms with Gasteiger partial charge < -0.3 is 14.9 Å². The molecule has 1 saturated heterocycles. The lowest BCUT2D eigenvalue weighted by Crippen LogP contribution is -2.35. The SMILES string of the molecule is N#Cc1cccc(N(CCC(=O)O)CCN2CCCC2)c1. The third-order valence-electron chi connectivity index (χ3n) is 3.82. The third kappa shape index (κ3) is 4.76. The highest BCUT2D eigenvalue weighted by Crippen LogP contribution is 2.17. The molecule has 0 bridgehead atoms. The molecule has 0 aromatic heterocycles. The minimum Gasteiger partial charge on any atom is -0.481 e. The van der Waals surface area contributed by atoms with Gasteiger partial charge in [-0.3, -0.25) is 4.79 Å². The number of likely N-dealkylation sites (tertiary alicyclic amines) is 1. The van der Waals surface area contributed by atoms with Crippen LogP contribution in [0.5, 0.6) is 0 Å². The Labute approximate surface area is 125 Å². The molecule has 1 aliphatic heterocycles. The first-order chi connectivity index (χ1) is 10.2. The van der Waals surface area contributed by atoms with Crippen molar-refractivity contribution in [3.8, 4) is 6.07 Å². The Morgan fingerprint density at radius 1 is 1.33 bits per heavy atom. The van der Waals surface area contributed by atoms with Gasteiger partial charge in [0.15, 0.2) is 0 Å². The topological polar surface area (TPSA) is 67.6 Å². The molecule has 0 unspecified atom stereocenters. The Morgan fingerprint density at radius 3 is 2.76 bits per heavy atom. The Bertz CT molecular complexity index is 518. The maximum absolute atomic E-state index is 10.8. The van der Waals surface area contributed by atoms with E-state index in [0.29, 0.717) is 12.1 Å².